The van der Waals surface area contributed by atoms with Crippen LogP contribution in [0, 0.1) is 5.92 Å². The molecule has 0 aromatic heterocycles. The van der Waals surface area contributed by atoms with Crippen LogP contribution in [0.2, 0.25) is 0 Å². The fourth-order valence-corrected chi connectivity index (χ4v) is 7.99. The summed E-state index contributed by atoms with van der Waals surface area (Å²) in [6, 6.07) is 9.96. The number of aliphatic hydroxyl groups is 1. The van der Waals surface area contributed by atoms with Crippen LogP contribution in [-0.4, -0.2) is 51.9 Å². The number of piperidine rings is 1. The number of nitrogens with one attached hydrogen (secondary N) is 1. The van der Waals surface area contributed by atoms with E-state index in [1.54, 1.807) is 6.07 Å². The zero-order valence-electron chi connectivity index (χ0n) is 20.3. The first kappa shape index (κ1) is 24.8. The maximum atomic E-state index is 12.9. The topological polar surface area (TPSA) is 136 Å². The van der Waals surface area contributed by atoms with Gasteiger partial charge in [0.15, 0.2) is 23.3 Å². The van der Waals surface area contributed by atoms with Crippen molar-refractivity contribution in [2.45, 2.75) is 55.3 Å². The number of likely N-dealkylation sites (tertiary alicyclic amines) is 1. The summed E-state index contributed by atoms with van der Waals surface area (Å²) < 4.78 is 6.67. The average molecular weight is 544 g/mol. The monoisotopic (exact) mass is 543 g/mol. The Labute approximate surface area is 227 Å². The molecule has 10 heteroatoms. The number of aromatic hydroxyl groups is 1. The lowest BCUT2D eigenvalue weighted by Crippen LogP contribution is -3.00. The molecule has 0 amide bonds. The minimum atomic E-state index is -0.979. The first-order valence-electron chi connectivity index (χ1n) is 12.7. The molecule has 2 aromatic carbocycles. The molecule has 8 rings (SSSR count). The average Bonchev–Trinajstić information content (AvgIpc) is 3.46. The van der Waals surface area contributed by atoms with Crippen LogP contribution in [-0.2, 0) is 11.8 Å². The molecule has 196 valence electrons. The van der Waals surface area contributed by atoms with E-state index in [0.29, 0.717) is 12.2 Å². The molecular weight excluding hydrogens is 513 g/mol. The standard InChI is InChI=1S/C27H29N5O3.2ClH/c28-25(29)30-15-4-5-18-16(10-15)17-11-27(34)20-9-14-3-6-19(33)23-21(14)26(27,24(35-23)22(17)31-18)7-8-32(20)12-13-1-2-13;;/h3-6,10,13,20,24,31,33-34H,1-2,7-9,11-12H2,(H4,28,29,30);2*1H/t20-,24+,26+,27-;;/m1../s1. The quantitative estimate of drug-likeness (QED) is 0.129. The second-order valence-electron chi connectivity index (χ2n) is 11.4. The molecule has 0 unspecified atom stereocenters. The number of phenols is 1. The number of hydrogen-bond acceptors (Lipinski definition) is 4. The highest BCUT2D eigenvalue weighted by molar-refractivity contribution is 5.83. The van der Waals surface area contributed by atoms with Gasteiger partial charge in [0.25, 0.3) is 0 Å². The van der Waals surface area contributed by atoms with Crippen molar-refractivity contribution in [1.82, 2.24) is 4.90 Å². The van der Waals surface area contributed by atoms with Gasteiger partial charge in [-0.25, -0.2) is 4.99 Å². The number of guanidine groups is 1. The number of ether oxygens (including phenoxy) is 1. The number of phenolic OH excluding ortho intramolecular Hbond substituents is 1. The molecule has 3 aliphatic heterocycles. The van der Waals surface area contributed by atoms with Gasteiger partial charge in [0.05, 0.1) is 11.0 Å². The SMILES string of the molecule is NC(N)=[NH+]c1ccc2c(c1)C1=C([NH2+]2)[C@@H]2Oc3c(O)ccc4c3[C@@]23CCN(CC2CC2)[C@H](C4)[C@]3(O)C1.[Cl-].[Cl-]. The Balaban J connectivity index is 0.00000126. The lowest BCUT2D eigenvalue weighted by molar-refractivity contribution is -0.524. The fourth-order valence-electron chi connectivity index (χ4n) is 7.99. The van der Waals surface area contributed by atoms with Gasteiger partial charge in [0, 0.05) is 41.8 Å². The Morgan fingerprint density at radius 3 is 2.76 bits per heavy atom. The highest BCUT2D eigenvalue weighted by Gasteiger charge is 2.74. The number of quaternary nitrogens is 1. The van der Waals surface area contributed by atoms with Crippen LogP contribution in [0.4, 0.5) is 11.4 Å². The largest absolute Gasteiger partial charge is 1.00 e. The third kappa shape index (κ3) is 3.05. The smallest absolute Gasteiger partial charge is 0.343 e. The Bertz CT molecular complexity index is 1390. The molecule has 2 bridgehead atoms. The normalized spacial score (nSPS) is 31.8. The van der Waals surface area contributed by atoms with Crippen molar-refractivity contribution < 1.29 is 50.1 Å². The van der Waals surface area contributed by atoms with Crippen molar-refractivity contribution in [2.24, 2.45) is 17.4 Å². The molecule has 3 aliphatic carbocycles. The molecule has 2 fully saturated rings. The predicted octanol–water partition coefficient (Wildman–Crippen LogP) is -6.82. The highest BCUT2D eigenvalue weighted by Crippen LogP contribution is 2.67. The molecule has 8 nitrogen and oxygen atoms in total. The Hall–Kier alpha value is -2.49. The van der Waals surface area contributed by atoms with Crippen molar-refractivity contribution in [3.05, 3.63) is 52.7 Å². The van der Waals surface area contributed by atoms with Gasteiger partial charge in [-0.15, -0.1) is 0 Å². The van der Waals surface area contributed by atoms with Gasteiger partial charge in [0.1, 0.15) is 11.4 Å². The van der Waals surface area contributed by atoms with Crippen molar-refractivity contribution in [1.29, 1.82) is 0 Å². The van der Waals surface area contributed by atoms with E-state index < -0.39 is 11.0 Å². The summed E-state index contributed by atoms with van der Waals surface area (Å²) >= 11 is 0. The van der Waals surface area contributed by atoms with Gasteiger partial charge in [-0.3, -0.25) is 21.7 Å². The van der Waals surface area contributed by atoms with E-state index >= 15 is 0 Å². The molecule has 1 saturated carbocycles. The van der Waals surface area contributed by atoms with E-state index in [1.165, 1.54) is 18.4 Å². The molecule has 0 radical (unpaired) electrons. The molecule has 2 aromatic rings. The number of nitrogens with zero attached hydrogens (tertiary/aromatic N) is 1. The fraction of sp³-hybridized carbons (Fsp3) is 0.444. The van der Waals surface area contributed by atoms with Gasteiger partial charge in [-0.2, -0.15) is 0 Å². The van der Waals surface area contributed by atoms with E-state index in [9.17, 15) is 10.2 Å². The molecule has 1 spiro atoms. The second-order valence-corrected chi connectivity index (χ2v) is 11.4. The van der Waals surface area contributed by atoms with Crippen LogP contribution < -0.4 is 51.3 Å². The summed E-state index contributed by atoms with van der Waals surface area (Å²) in [4.78, 5) is 5.57. The summed E-state index contributed by atoms with van der Waals surface area (Å²) in [7, 11) is 0. The van der Waals surface area contributed by atoms with Crippen molar-refractivity contribution in [2.75, 3.05) is 13.1 Å². The Morgan fingerprint density at radius 1 is 1.19 bits per heavy atom. The maximum Gasteiger partial charge on any atom is 0.343 e. The molecule has 37 heavy (non-hydrogen) atoms. The lowest BCUT2D eigenvalue weighted by atomic mass is 9.49. The summed E-state index contributed by atoms with van der Waals surface area (Å²) in [6.45, 7) is 2.01. The van der Waals surface area contributed by atoms with Crippen LogP contribution in [0.15, 0.2) is 36.0 Å². The minimum absolute atomic E-state index is 0. The van der Waals surface area contributed by atoms with Gasteiger partial charge < -0.3 is 39.8 Å². The number of benzene rings is 2. The molecule has 1 saturated heterocycles. The van der Waals surface area contributed by atoms with Crippen molar-refractivity contribution in [3.63, 3.8) is 0 Å². The van der Waals surface area contributed by atoms with Crippen LogP contribution >= 0.6 is 0 Å². The van der Waals surface area contributed by atoms with E-state index in [2.05, 4.69) is 33.4 Å². The van der Waals surface area contributed by atoms with Gasteiger partial charge in [-0.1, -0.05) is 6.07 Å². The molecule has 6 aliphatic rings. The Kier molecular flexibility index (Phi) is 5.37. The van der Waals surface area contributed by atoms with Crippen LogP contribution in [0.3, 0.4) is 0 Å². The van der Waals surface area contributed by atoms with E-state index in [-0.39, 0.29) is 48.7 Å². The van der Waals surface area contributed by atoms with Gasteiger partial charge in [0.2, 0.25) is 0 Å². The Morgan fingerprint density at radius 2 is 2.00 bits per heavy atom. The zero-order chi connectivity index (χ0) is 23.7. The number of halogens is 2. The first-order valence-corrected chi connectivity index (χ1v) is 12.7. The number of rotatable bonds is 3. The third-order valence-electron chi connectivity index (χ3n) is 9.57. The highest BCUT2D eigenvalue weighted by atomic mass is 35.5. The third-order valence-corrected chi connectivity index (χ3v) is 9.57. The minimum Gasteiger partial charge on any atom is -1.00 e. The number of hydrogen-bond donors (Lipinski definition) is 6. The van der Waals surface area contributed by atoms with Crippen LogP contribution in [0.1, 0.15) is 42.4 Å². The van der Waals surface area contributed by atoms with E-state index in [1.807, 2.05) is 6.07 Å². The molecule has 9 N–H and O–H groups in total. The lowest BCUT2D eigenvalue weighted by Gasteiger charge is -2.62. The number of nitrogens with two attached hydrogens (primary N) is 3. The van der Waals surface area contributed by atoms with Gasteiger partial charge >= 0.3 is 5.96 Å². The van der Waals surface area contributed by atoms with Crippen LogP contribution in [0.5, 0.6) is 11.5 Å². The van der Waals surface area contributed by atoms with Gasteiger partial charge in [-0.05, 0) is 61.9 Å². The van der Waals surface area contributed by atoms with E-state index in [0.717, 1.165) is 65.6 Å². The number of fused-ring (bicyclic) bond motifs is 3. The second kappa shape index (κ2) is 8.01. The summed E-state index contributed by atoms with van der Waals surface area (Å²) in [5, 5.41) is 25.9. The van der Waals surface area contributed by atoms with Crippen LogP contribution in [0.25, 0.3) is 5.57 Å². The summed E-state index contributed by atoms with van der Waals surface area (Å²) in [6.07, 6.45) is 4.44. The zero-order valence-corrected chi connectivity index (χ0v) is 21.8. The maximum absolute atomic E-state index is 12.9. The van der Waals surface area contributed by atoms with E-state index in [4.69, 9.17) is 16.2 Å². The molecule has 4 atom stereocenters. The van der Waals surface area contributed by atoms with Crippen molar-refractivity contribution in [3.8, 4) is 11.5 Å². The summed E-state index contributed by atoms with van der Waals surface area (Å²) in [5.41, 5.74) is 17.4. The predicted molar refractivity (Wildman–Crippen MR) is 129 cm³/mol. The first-order chi connectivity index (χ1) is 16.9. The van der Waals surface area contributed by atoms with Crippen molar-refractivity contribution >= 4 is 22.9 Å². The molecular formula is C27H31Cl2N5O3. The summed E-state index contributed by atoms with van der Waals surface area (Å²) in [5.74, 6) is 1.65. The molecule has 3 heterocycles.